The molecule has 0 aliphatic rings. The molecule has 0 saturated carbocycles. The zero-order chi connectivity index (χ0) is 11.5. The van der Waals surface area contributed by atoms with Gasteiger partial charge in [-0.1, -0.05) is 25.2 Å². The number of hydrogen-bond donors (Lipinski definition) is 1. The van der Waals surface area contributed by atoms with Crippen LogP contribution in [0.2, 0.25) is 0 Å². The summed E-state index contributed by atoms with van der Waals surface area (Å²) >= 11 is 0. The van der Waals surface area contributed by atoms with E-state index in [4.69, 9.17) is 0 Å². The van der Waals surface area contributed by atoms with Crippen LogP contribution in [0.1, 0.15) is 26.7 Å². The third-order valence-electron chi connectivity index (χ3n) is 2.24. The monoisotopic (exact) mass is 211 g/mol. The number of rotatable bonds is 7. The highest BCUT2D eigenvalue weighted by molar-refractivity contribution is 5.17. The Morgan fingerprint density at radius 2 is 2.13 bits per heavy atom. The minimum Gasteiger partial charge on any atom is -0.320 e. The van der Waals surface area contributed by atoms with E-state index >= 15 is 0 Å². The van der Waals surface area contributed by atoms with E-state index in [9.17, 15) is 4.39 Å². The summed E-state index contributed by atoms with van der Waals surface area (Å²) in [5, 5.41) is 3.08. The van der Waals surface area contributed by atoms with E-state index < -0.39 is 0 Å². The van der Waals surface area contributed by atoms with Crippen molar-refractivity contribution < 1.29 is 4.39 Å². The lowest BCUT2D eigenvalue weighted by Crippen LogP contribution is -2.11. The summed E-state index contributed by atoms with van der Waals surface area (Å²) in [7, 11) is 1.92. The fraction of sp³-hybridized carbons (Fsp3) is 0.538. The molecule has 0 aromatic heterocycles. The van der Waals surface area contributed by atoms with Gasteiger partial charge in [0, 0.05) is 0 Å². The SMILES string of the molecule is C\C=C/C=C\C(F)=C\C(CC)CCNC. The summed E-state index contributed by atoms with van der Waals surface area (Å²) in [6.45, 7) is 4.92. The lowest BCUT2D eigenvalue weighted by atomic mass is 10.0. The van der Waals surface area contributed by atoms with Gasteiger partial charge in [0.15, 0.2) is 0 Å². The number of allylic oxidation sites excluding steroid dienone is 6. The molecule has 0 radical (unpaired) electrons. The van der Waals surface area contributed by atoms with E-state index in [1.54, 1.807) is 12.2 Å². The van der Waals surface area contributed by atoms with Gasteiger partial charge in [0.05, 0.1) is 0 Å². The van der Waals surface area contributed by atoms with Gasteiger partial charge in [-0.3, -0.25) is 0 Å². The molecule has 1 N–H and O–H groups in total. The molecule has 0 aromatic rings. The van der Waals surface area contributed by atoms with Gasteiger partial charge >= 0.3 is 0 Å². The maximum Gasteiger partial charge on any atom is 0.119 e. The van der Waals surface area contributed by atoms with E-state index in [1.165, 1.54) is 6.08 Å². The fourth-order valence-corrected chi connectivity index (χ4v) is 1.27. The van der Waals surface area contributed by atoms with Crippen molar-refractivity contribution >= 4 is 0 Å². The molecule has 0 spiro atoms. The number of nitrogens with one attached hydrogen (secondary N) is 1. The van der Waals surface area contributed by atoms with Gasteiger partial charge in [-0.05, 0) is 51.4 Å². The molecule has 0 heterocycles. The molecule has 0 aliphatic heterocycles. The molecule has 0 rings (SSSR count). The second kappa shape index (κ2) is 9.66. The molecule has 0 aliphatic carbocycles. The summed E-state index contributed by atoms with van der Waals surface area (Å²) in [4.78, 5) is 0. The molecule has 0 aromatic carbocycles. The summed E-state index contributed by atoms with van der Waals surface area (Å²) in [5.41, 5.74) is 0. The molecule has 0 fully saturated rings. The van der Waals surface area contributed by atoms with Crippen molar-refractivity contribution in [3.05, 3.63) is 36.2 Å². The van der Waals surface area contributed by atoms with Crippen LogP contribution in [0.25, 0.3) is 0 Å². The van der Waals surface area contributed by atoms with Crippen LogP contribution in [0.5, 0.6) is 0 Å². The third-order valence-corrected chi connectivity index (χ3v) is 2.24. The van der Waals surface area contributed by atoms with Crippen molar-refractivity contribution in [3.63, 3.8) is 0 Å². The van der Waals surface area contributed by atoms with Crippen LogP contribution in [0.4, 0.5) is 4.39 Å². The summed E-state index contributed by atoms with van der Waals surface area (Å²) < 4.78 is 13.3. The third kappa shape index (κ3) is 8.13. The van der Waals surface area contributed by atoms with Gasteiger partial charge in [0.1, 0.15) is 5.83 Å². The van der Waals surface area contributed by atoms with Crippen LogP contribution in [0, 0.1) is 5.92 Å². The molecule has 2 heteroatoms. The molecule has 1 unspecified atom stereocenters. The average molecular weight is 211 g/mol. The predicted octanol–water partition coefficient (Wildman–Crippen LogP) is 3.61. The molecule has 0 saturated heterocycles. The smallest absolute Gasteiger partial charge is 0.119 e. The Bertz CT molecular complexity index is 229. The van der Waals surface area contributed by atoms with Gasteiger partial charge in [-0.2, -0.15) is 0 Å². The van der Waals surface area contributed by atoms with Crippen LogP contribution in [0.3, 0.4) is 0 Å². The maximum absolute atomic E-state index is 13.3. The minimum absolute atomic E-state index is 0.143. The van der Waals surface area contributed by atoms with E-state index in [2.05, 4.69) is 12.2 Å². The fourth-order valence-electron chi connectivity index (χ4n) is 1.27. The molecule has 1 nitrogen and oxygen atoms in total. The Morgan fingerprint density at radius 1 is 1.40 bits per heavy atom. The van der Waals surface area contributed by atoms with Gasteiger partial charge in [0.2, 0.25) is 0 Å². The van der Waals surface area contributed by atoms with Crippen LogP contribution in [-0.2, 0) is 0 Å². The van der Waals surface area contributed by atoms with Gasteiger partial charge < -0.3 is 5.32 Å². The summed E-state index contributed by atoms with van der Waals surface area (Å²) in [6, 6.07) is 0. The van der Waals surface area contributed by atoms with Crippen LogP contribution < -0.4 is 5.32 Å². The normalized spacial score (nSPS) is 15.3. The molecule has 0 amide bonds. The molecular formula is C13H22FN. The van der Waals surface area contributed by atoms with Crippen LogP contribution in [0.15, 0.2) is 36.2 Å². The number of halogens is 1. The first-order chi connectivity index (χ1) is 7.24. The average Bonchev–Trinajstić information content (AvgIpc) is 2.24. The summed E-state index contributed by atoms with van der Waals surface area (Å²) in [5.74, 6) is 0.184. The first-order valence-electron chi connectivity index (χ1n) is 5.55. The lowest BCUT2D eigenvalue weighted by molar-refractivity contribution is 0.534. The van der Waals surface area contributed by atoms with E-state index in [0.29, 0.717) is 5.92 Å². The highest BCUT2D eigenvalue weighted by Gasteiger charge is 2.02. The van der Waals surface area contributed by atoms with Gasteiger partial charge in [-0.25, -0.2) is 4.39 Å². The Labute approximate surface area is 92.8 Å². The largest absolute Gasteiger partial charge is 0.320 e. The highest BCUT2D eigenvalue weighted by atomic mass is 19.1. The topological polar surface area (TPSA) is 12.0 Å². The molecular weight excluding hydrogens is 189 g/mol. The molecule has 0 bridgehead atoms. The van der Waals surface area contributed by atoms with Crippen LogP contribution in [-0.4, -0.2) is 13.6 Å². The Hall–Kier alpha value is -0.890. The summed E-state index contributed by atoms with van der Waals surface area (Å²) in [6.07, 6.45) is 10.6. The van der Waals surface area contributed by atoms with E-state index in [-0.39, 0.29) is 5.83 Å². The van der Waals surface area contributed by atoms with Gasteiger partial charge in [-0.15, -0.1) is 0 Å². The quantitative estimate of drug-likeness (QED) is 0.634. The number of hydrogen-bond acceptors (Lipinski definition) is 1. The standard InChI is InChI=1S/C13H22FN/c1-4-6-7-8-13(14)11-12(5-2)9-10-15-3/h4,6-8,11-12,15H,5,9-10H2,1-3H3/b6-4-,8-7-,13-11-. The second-order valence-corrected chi connectivity index (χ2v) is 3.50. The first-order valence-corrected chi connectivity index (χ1v) is 5.55. The molecule has 15 heavy (non-hydrogen) atoms. The minimum atomic E-state index is -0.143. The second-order valence-electron chi connectivity index (χ2n) is 3.50. The van der Waals surface area contributed by atoms with Crippen molar-refractivity contribution in [2.75, 3.05) is 13.6 Å². The van der Waals surface area contributed by atoms with Crippen molar-refractivity contribution in [3.8, 4) is 0 Å². The Kier molecular flexibility index (Phi) is 9.08. The van der Waals surface area contributed by atoms with E-state index in [1.807, 2.05) is 26.1 Å². The molecule has 1 atom stereocenters. The molecule has 86 valence electrons. The highest BCUT2D eigenvalue weighted by Crippen LogP contribution is 2.13. The maximum atomic E-state index is 13.3. The predicted molar refractivity (Wildman–Crippen MR) is 65.5 cm³/mol. The van der Waals surface area contributed by atoms with Crippen molar-refractivity contribution in [1.82, 2.24) is 5.32 Å². The van der Waals surface area contributed by atoms with Crippen LogP contribution >= 0.6 is 0 Å². The first kappa shape index (κ1) is 14.1. The van der Waals surface area contributed by atoms with Crippen molar-refractivity contribution in [2.24, 2.45) is 5.92 Å². The lowest BCUT2D eigenvalue weighted by Gasteiger charge is -2.08. The zero-order valence-electron chi connectivity index (χ0n) is 9.96. The van der Waals surface area contributed by atoms with Crippen molar-refractivity contribution in [1.29, 1.82) is 0 Å². The van der Waals surface area contributed by atoms with Gasteiger partial charge in [0.25, 0.3) is 0 Å². The van der Waals surface area contributed by atoms with Crippen molar-refractivity contribution in [2.45, 2.75) is 26.7 Å². The van der Waals surface area contributed by atoms with E-state index in [0.717, 1.165) is 19.4 Å². The Balaban J connectivity index is 4.15. The Morgan fingerprint density at radius 3 is 2.67 bits per heavy atom. The zero-order valence-corrected chi connectivity index (χ0v) is 9.96.